The Labute approximate surface area is 181 Å². The number of rotatable bonds is 9. The fraction of sp³-hybridized carbons (Fsp3) is 0.481. The van der Waals surface area contributed by atoms with Crippen molar-refractivity contribution in [2.45, 2.75) is 83.7 Å². The first-order valence-electron chi connectivity index (χ1n) is 11.6. The van der Waals surface area contributed by atoms with Gasteiger partial charge >= 0.3 is 5.97 Å². The van der Waals surface area contributed by atoms with Crippen LogP contribution >= 0.6 is 0 Å². The Hall–Kier alpha value is -2.42. The van der Waals surface area contributed by atoms with Crippen LogP contribution in [0.3, 0.4) is 0 Å². The monoisotopic (exact) mass is 405 g/mol. The number of carbonyl (C=O) groups excluding carboxylic acids is 1. The van der Waals surface area contributed by atoms with E-state index < -0.39 is 0 Å². The second-order valence-electron chi connectivity index (χ2n) is 8.35. The Morgan fingerprint density at radius 2 is 1.80 bits per heavy atom. The molecule has 0 bridgehead atoms. The predicted molar refractivity (Wildman–Crippen MR) is 123 cm³/mol. The molecule has 0 saturated heterocycles. The maximum Gasteiger partial charge on any atom is 0.330 e. The Kier molecular flexibility index (Phi) is 8.67. The number of ether oxygens (including phenoxy) is 1. The van der Waals surface area contributed by atoms with Crippen LogP contribution in [0.15, 0.2) is 54.7 Å². The fourth-order valence-electron chi connectivity index (χ4n) is 4.18. The summed E-state index contributed by atoms with van der Waals surface area (Å²) < 4.78 is 5.56. The molecule has 3 nitrogen and oxygen atoms in total. The minimum Gasteiger partial charge on any atom is -0.459 e. The van der Waals surface area contributed by atoms with Crippen LogP contribution in [0.2, 0.25) is 0 Å². The lowest BCUT2D eigenvalue weighted by molar-refractivity contribution is -0.144. The van der Waals surface area contributed by atoms with Crippen molar-refractivity contribution in [3.05, 3.63) is 65.9 Å². The summed E-state index contributed by atoms with van der Waals surface area (Å²) in [5.41, 5.74) is 4.91. The second kappa shape index (κ2) is 11.7. The molecule has 1 aromatic carbocycles. The molecule has 0 spiro atoms. The maximum atomic E-state index is 11.8. The van der Waals surface area contributed by atoms with Gasteiger partial charge in [-0.25, -0.2) is 4.79 Å². The van der Waals surface area contributed by atoms with Gasteiger partial charge in [0, 0.05) is 17.8 Å². The quantitative estimate of drug-likeness (QED) is 0.256. The normalized spacial score (nSPS) is 19.1. The Balaban J connectivity index is 1.51. The molecule has 0 unspecified atom stereocenters. The summed E-state index contributed by atoms with van der Waals surface area (Å²) in [6, 6.07) is 13.2. The number of nitrogens with zero attached hydrogens (tertiary/aromatic N) is 1. The third-order valence-corrected chi connectivity index (χ3v) is 6.02. The number of esters is 1. The molecule has 30 heavy (non-hydrogen) atoms. The lowest BCUT2D eigenvalue weighted by atomic mass is 9.82. The highest BCUT2D eigenvalue weighted by Crippen LogP contribution is 2.35. The average Bonchev–Trinajstić information content (AvgIpc) is 2.79. The van der Waals surface area contributed by atoms with Crippen LogP contribution in [0.5, 0.6) is 0 Å². The van der Waals surface area contributed by atoms with Crippen molar-refractivity contribution < 1.29 is 9.53 Å². The van der Waals surface area contributed by atoms with Crippen molar-refractivity contribution in [3.8, 4) is 11.3 Å². The van der Waals surface area contributed by atoms with Gasteiger partial charge in [0.2, 0.25) is 0 Å². The number of allylic oxidation sites excluding steroid dienone is 1. The first-order chi connectivity index (χ1) is 14.7. The molecule has 1 aromatic heterocycles. The number of hydrogen-bond donors (Lipinski definition) is 0. The van der Waals surface area contributed by atoms with Crippen LogP contribution in [-0.2, 0) is 16.0 Å². The van der Waals surface area contributed by atoms with E-state index in [1.54, 1.807) is 6.08 Å². The number of pyridine rings is 1. The van der Waals surface area contributed by atoms with Crippen LogP contribution in [0, 0.1) is 0 Å². The van der Waals surface area contributed by atoms with Crippen LogP contribution in [0.25, 0.3) is 11.3 Å². The fourth-order valence-corrected chi connectivity index (χ4v) is 4.18. The molecule has 1 heterocycles. The minimum atomic E-state index is -0.200. The average molecular weight is 406 g/mol. The molecule has 1 fully saturated rings. The molecule has 3 heteroatoms. The van der Waals surface area contributed by atoms with Crippen molar-refractivity contribution in [1.82, 2.24) is 4.98 Å². The summed E-state index contributed by atoms with van der Waals surface area (Å²) in [5.74, 6) is 0.350. The lowest BCUT2D eigenvalue weighted by Crippen LogP contribution is -2.23. The van der Waals surface area contributed by atoms with E-state index in [1.807, 2.05) is 19.2 Å². The molecule has 1 saturated carbocycles. The number of aromatic nitrogens is 1. The van der Waals surface area contributed by atoms with E-state index in [2.05, 4.69) is 48.3 Å². The summed E-state index contributed by atoms with van der Waals surface area (Å²) in [7, 11) is 0. The summed E-state index contributed by atoms with van der Waals surface area (Å²) in [5, 5.41) is 0. The first kappa shape index (κ1) is 22.3. The van der Waals surface area contributed by atoms with Crippen molar-refractivity contribution in [1.29, 1.82) is 0 Å². The van der Waals surface area contributed by atoms with E-state index in [0.717, 1.165) is 44.2 Å². The molecule has 1 aliphatic carbocycles. The number of carbonyl (C=O) groups is 1. The van der Waals surface area contributed by atoms with Gasteiger partial charge in [0.05, 0.1) is 5.69 Å². The third-order valence-electron chi connectivity index (χ3n) is 6.02. The van der Waals surface area contributed by atoms with Gasteiger partial charge in [-0.1, -0.05) is 63.1 Å². The Morgan fingerprint density at radius 3 is 2.43 bits per heavy atom. The van der Waals surface area contributed by atoms with E-state index in [4.69, 9.17) is 4.74 Å². The second-order valence-corrected chi connectivity index (χ2v) is 8.35. The van der Waals surface area contributed by atoms with Crippen LogP contribution < -0.4 is 0 Å². The van der Waals surface area contributed by atoms with Gasteiger partial charge in [-0.3, -0.25) is 4.98 Å². The Morgan fingerprint density at radius 1 is 1.03 bits per heavy atom. The van der Waals surface area contributed by atoms with Crippen LogP contribution in [-0.4, -0.2) is 17.1 Å². The lowest BCUT2D eigenvalue weighted by Gasteiger charge is -2.28. The zero-order valence-corrected chi connectivity index (χ0v) is 18.5. The number of hydrogen-bond acceptors (Lipinski definition) is 3. The molecule has 3 rings (SSSR count). The van der Waals surface area contributed by atoms with Gasteiger partial charge in [0.25, 0.3) is 0 Å². The molecule has 160 valence electrons. The van der Waals surface area contributed by atoms with E-state index in [1.165, 1.54) is 36.0 Å². The van der Waals surface area contributed by atoms with E-state index in [0.29, 0.717) is 5.92 Å². The summed E-state index contributed by atoms with van der Waals surface area (Å²) >= 11 is 0. The van der Waals surface area contributed by atoms with Gasteiger partial charge in [0.15, 0.2) is 0 Å². The highest BCUT2D eigenvalue weighted by molar-refractivity contribution is 5.82. The molecular formula is C27H35NO2. The van der Waals surface area contributed by atoms with Crippen molar-refractivity contribution in [2.24, 2.45) is 0 Å². The molecule has 1 aliphatic rings. The van der Waals surface area contributed by atoms with E-state index in [-0.39, 0.29) is 12.1 Å². The van der Waals surface area contributed by atoms with Crippen LogP contribution in [0.1, 0.15) is 82.3 Å². The van der Waals surface area contributed by atoms with Gasteiger partial charge in [-0.15, -0.1) is 0 Å². The highest BCUT2D eigenvalue weighted by Gasteiger charge is 2.24. The summed E-state index contributed by atoms with van der Waals surface area (Å²) in [4.78, 5) is 16.4. The SMILES string of the molecule is CC/C=C/C(=O)OC1CCC(c2ccc(-c3ccc(CCCCC)cn3)cc2)CC1. The van der Waals surface area contributed by atoms with Gasteiger partial charge in [-0.2, -0.15) is 0 Å². The summed E-state index contributed by atoms with van der Waals surface area (Å²) in [6.07, 6.45) is 15.3. The van der Waals surface area contributed by atoms with Crippen molar-refractivity contribution in [3.63, 3.8) is 0 Å². The molecule has 0 radical (unpaired) electrons. The molecule has 0 amide bonds. The van der Waals surface area contributed by atoms with E-state index >= 15 is 0 Å². The van der Waals surface area contributed by atoms with Crippen molar-refractivity contribution in [2.75, 3.05) is 0 Å². The molecule has 0 N–H and O–H groups in total. The third kappa shape index (κ3) is 6.55. The zero-order valence-electron chi connectivity index (χ0n) is 18.5. The predicted octanol–water partition coefficient (Wildman–Crippen LogP) is 7.02. The van der Waals surface area contributed by atoms with Gasteiger partial charge in [-0.05, 0) is 68.1 Å². The first-order valence-corrected chi connectivity index (χ1v) is 11.6. The molecule has 2 aromatic rings. The molecule has 0 aliphatic heterocycles. The summed E-state index contributed by atoms with van der Waals surface area (Å²) in [6.45, 7) is 4.25. The molecular weight excluding hydrogens is 370 g/mol. The molecule has 0 atom stereocenters. The number of aryl methyl sites for hydroxylation is 1. The highest BCUT2D eigenvalue weighted by atomic mass is 16.5. The zero-order chi connectivity index (χ0) is 21.2. The maximum absolute atomic E-state index is 11.8. The smallest absolute Gasteiger partial charge is 0.330 e. The van der Waals surface area contributed by atoms with Crippen molar-refractivity contribution >= 4 is 5.97 Å². The van der Waals surface area contributed by atoms with E-state index in [9.17, 15) is 4.79 Å². The number of unbranched alkanes of at least 4 members (excludes halogenated alkanes) is 2. The van der Waals surface area contributed by atoms with Gasteiger partial charge in [0.1, 0.15) is 6.10 Å². The Bertz CT molecular complexity index is 800. The minimum absolute atomic E-state index is 0.0644. The number of benzene rings is 1. The largest absolute Gasteiger partial charge is 0.459 e. The van der Waals surface area contributed by atoms with Gasteiger partial charge < -0.3 is 4.74 Å². The standard InChI is InChI=1S/C27H35NO2/c1-3-5-7-8-21-10-19-26(28-20-21)24-13-11-22(12-14-24)23-15-17-25(18-16-23)30-27(29)9-6-4-2/h6,9-14,19-20,23,25H,3-5,7-8,15-18H2,1-2H3/b9-6+. The topological polar surface area (TPSA) is 39.2 Å². The van der Waals surface area contributed by atoms with Crippen LogP contribution in [0.4, 0.5) is 0 Å².